The van der Waals surface area contributed by atoms with Crippen molar-refractivity contribution in [2.24, 2.45) is 0 Å². The fourth-order valence-electron chi connectivity index (χ4n) is 4.12. The fourth-order valence-corrected chi connectivity index (χ4v) is 4.12. The molecule has 164 valence electrons. The van der Waals surface area contributed by atoms with Crippen LogP contribution in [0.1, 0.15) is 149 Å². The summed E-state index contributed by atoms with van der Waals surface area (Å²) in [6.45, 7) is 4.79. The topological polar surface area (TPSA) is 40.5 Å². The van der Waals surface area contributed by atoms with E-state index in [1.54, 1.807) is 0 Å². The molecular formula is C25H52O2. The standard InChI is InChI=1S/C25H52O2/c1-3-5-7-9-11-13-15-17-21-25(27,23-19-20-24-26)22-18-16-14-12-10-8-6-4-2/h26-27H,3-24H2,1-2H3. The second-order valence-corrected chi connectivity index (χ2v) is 8.85. The van der Waals surface area contributed by atoms with Crippen LogP contribution in [0, 0.1) is 0 Å². The number of unbranched alkanes of at least 4 members (excludes halogenated alkanes) is 15. The minimum atomic E-state index is -0.473. The van der Waals surface area contributed by atoms with Crippen LogP contribution in [0.3, 0.4) is 0 Å². The van der Waals surface area contributed by atoms with Crippen molar-refractivity contribution in [2.75, 3.05) is 6.61 Å². The zero-order chi connectivity index (χ0) is 20.1. The van der Waals surface area contributed by atoms with Crippen molar-refractivity contribution >= 4 is 0 Å². The molecule has 0 fully saturated rings. The molecule has 0 amide bonds. The van der Waals surface area contributed by atoms with Gasteiger partial charge in [0, 0.05) is 6.61 Å². The predicted molar refractivity (Wildman–Crippen MR) is 120 cm³/mol. The van der Waals surface area contributed by atoms with Crippen molar-refractivity contribution in [3.05, 3.63) is 0 Å². The zero-order valence-electron chi connectivity index (χ0n) is 19.0. The summed E-state index contributed by atoms with van der Waals surface area (Å²) in [5.41, 5.74) is -0.473. The Kier molecular flexibility index (Phi) is 20.6. The molecule has 0 spiro atoms. The lowest BCUT2D eigenvalue weighted by molar-refractivity contribution is 0.00632. The van der Waals surface area contributed by atoms with E-state index in [0.717, 1.165) is 32.1 Å². The Morgan fingerprint density at radius 3 is 1.07 bits per heavy atom. The molecule has 0 rings (SSSR count). The van der Waals surface area contributed by atoms with Crippen LogP contribution in [-0.4, -0.2) is 22.4 Å². The fraction of sp³-hybridized carbons (Fsp3) is 1.00. The largest absolute Gasteiger partial charge is 0.396 e. The molecule has 0 saturated heterocycles. The SMILES string of the molecule is CCCCCCCCCCC(O)(CCCCO)CCCCCCCCCC. The summed E-state index contributed by atoms with van der Waals surface area (Å²) < 4.78 is 0. The van der Waals surface area contributed by atoms with E-state index >= 15 is 0 Å². The van der Waals surface area contributed by atoms with Gasteiger partial charge in [-0.3, -0.25) is 0 Å². The Balaban J connectivity index is 3.87. The second kappa shape index (κ2) is 20.6. The van der Waals surface area contributed by atoms with Crippen molar-refractivity contribution in [2.45, 2.75) is 154 Å². The number of aliphatic hydroxyl groups is 2. The van der Waals surface area contributed by atoms with E-state index in [4.69, 9.17) is 5.11 Å². The highest BCUT2D eigenvalue weighted by Gasteiger charge is 2.25. The van der Waals surface area contributed by atoms with Gasteiger partial charge in [0.15, 0.2) is 0 Å². The third-order valence-electron chi connectivity index (χ3n) is 6.04. The predicted octanol–water partition coefficient (Wildman–Crippen LogP) is 7.94. The van der Waals surface area contributed by atoms with Crippen LogP contribution in [0.5, 0.6) is 0 Å². The lowest BCUT2D eigenvalue weighted by Gasteiger charge is -2.28. The molecule has 0 aliphatic rings. The molecule has 0 aromatic rings. The van der Waals surface area contributed by atoms with Gasteiger partial charge >= 0.3 is 0 Å². The average molecular weight is 385 g/mol. The van der Waals surface area contributed by atoms with Crippen molar-refractivity contribution in [3.8, 4) is 0 Å². The molecule has 0 aliphatic heterocycles. The van der Waals surface area contributed by atoms with Gasteiger partial charge in [-0.25, -0.2) is 0 Å². The first-order valence-corrected chi connectivity index (χ1v) is 12.5. The molecule has 27 heavy (non-hydrogen) atoms. The monoisotopic (exact) mass is 384 g/mol. The maximum atomic E-state index is 11.1. The molecule has 2 N–H and O–H groups in total. The summed E-state index contributed by atoms with van der Waals surface area (Å²) in [6, 6.07) is 0. The third kappa shape index (κ3) is 19.0. The maximum absolute atomic E-state index is 11.1. The van der Waals surface area contributed by atoms with E-state index in [-0.39, 0.29) is 6.61 Å². The molecule has 0 aliphatic carbocycles. The molecule has 0 radical (unpaired) electrons. The first-order chi connectivity index (χ1) is 13.2. The molecule has 0 bridgehead atoms. The minimum absolute atomic E-state index is 0.256. The molecule has 2 nitrogen and oxygen atoms in total. The molecule has 2 heteroatoms. The number of rotatable bonds is 22. The van der Waals surface area contributed by atoms with E-state index in [9.17, 15) is 5.11 Å². The van der Waals surface area contributed by atoms with Gasteiger partial charge in [-0.2, -0.15) is 0 Å². The number of hydrogen-bond acceptors (Lipinski definition) is 2. The Labute approximate surface area is 171 Å². The smallest absolute Gasteiger partial charge is 0.0647 e. The van der Waals surface area contributed by atoms with Crippen LogP contribution >= 0.6 is 0 Å². The first kappa shape index (κ1) is 26.9. The second-order valence-electron chi connectivity index (χ2n) is 8.85. The van der Waals surface area contributed by atoms with E-state index in [1.165, 1.54) is 103 Å². The highest BCUT2D eigenvalue weighted by Crippen LogP contribution is 2.28. The Morgan fingerprint density at radius 1 is 0.444 bits per heavy atom. The van der Waals surface area contributed by atoms with Crippen LogP contribution in [0.15, 0.2) is 0 Å². The normalized spacial score (nSPS) is 12.0. The van der Waals surface area contributed by atoms with Crippen molar-refractivity contribution in [1.82, 2.24) is 0 Å². The molecule has 0 saturated carbocycles. The molecule has 0 unspecified atom stereocenters. The third-order valence-corrected chi connectivity index (χ3v) is 6.04. The summed E-state index contributed by atoms with van der Waals surface area (Å²) in [4.78, 5) is 0. The van der Waals surface area contributed by atoms with Crippen molar-refractivity contribution in [3.63, 3.8) is 0 Å². The average Bonchev–Trinajstić information content (AvgIpc) is 2.66. The van der Waals surface area contributed by atoms with Gasteiger partial charge in [0.2, 0.25) is 0 Å². The van der Waals surface area contributed by atoms with Gasteiger partial charge in [0.25, 0.3) is 0 Å². The first-order valence-electron chi connectivity index (χ1n) is 12.5. The van der Waals surface area contributed by atoms with Gasteiger partial charge < -0.3 is 10.2 Å². The zero-order valence-corrected chi connectivity index (χ0v) is 19.0. The summed E-state index contributed by atoms with van der Waals surface area (Å²) in [5.74, 6) is 0. The molecule has 0 aromatic carbocycles. The molecule has 0 atom stereocenters. The van der Waals surface area contributed by atoms with Gasteiger partial charge in [-0.15, -0.1) is 0 Å². The van der Waals surface area contributed by atoms with E-state index in [2.05, 4.69) is 13.8 Å². The van der Waals surface area contributed by atoms with Crippen LogP contribution in [-0.2, 0) is 0 Å². The lowest BCUT2D eigenvalue weighted by atomic mass is 9.85. The van der Waals surface area contributed by atoms with Crippen LogP contribution < -0.4 is 0 Å². The van der Waals surface area contributed by atoms with Gasteiger partial charge in [0.05, 0.1) is 5.60 Å². The lowest BCUT2D eigenvalue weighted by Crippen LogP contribution is -2.28. The molecular weight excluding hydrogens is 332 g/mol. The maximum Gasteiger partial charge on any atom is 0.0647 e. The van der Waals surface area contributed by atoms with E-state index in [0.29, 0.717) is 0 Å². The highest BCUT2D eigenvalue weighted by atomic mass is 16.3. The Bertz CT molecular complexity index is 257. The molecule has 0 heterocycles. The summed E-state index contributed by atoms with van der Waals surface area (Å²) in [6.07, 6.45) is 25.8. The summed E-state index contributed by atoms with van der Waals surface area (Å²) in [5, 5.41) is 20.2. The van der Waals surface area contributed by atoms with E-state index < -0.39 is 5.60 Å². The Hall–Kier alpha value is -0.0800. The number of aliphatic hydroxyl groups excluding tert-OH is 1. The Morgan fingerprint density at radius 2 is 0.741 bits per heavy atom. The van der Waals surface area contributed by atoms with Gasteiger partial charge in [0.1, 0.15) is 0 Å². The van der Waals surface area contributed by atoms with Crippen LogP contribution in [0.4, 0.5) is 0 Å². The van der Waals surface area contributed by atoms with Gasteiger partial charge in [-0.1, -0.05) is 117 Å². The van der Waals surface area contributed by atoms with Crippen molar-refractivity contribution < 1.29 is 10.2 Å². The van der Waals surface area contributed by atoms with Crippen molar-refractivity contribution in [1.29, 1.82) is 0 Å². The van der Waals surface area contributed by atoms with Gasteiger partial charge in [-0.05, 0) is 32.1 Å². The minimum Gasteiger partial charge on any atom is -0.396 e. The van der Waals surface area contributed by atoms with Crippen LogP contribution in [0.2, 0.25) is 0 Å². The summed E-state index contributed by atoms with van der Waals surface area (Å²) >= 11 is 0. The quantitative estimate of drug-likeness (QED) is 0.186. The highest BCUT2D eigenvalue weighted by molar-refractivity contribution is 4.78. The van der Waals surface area contributed by atoms with Crippen LogP contribution in [0.25, 0.3) is 0 Å². The number of hydrogen-bond donors (Lipinski definition) is 2. The summed E-state index contributed by atoms with van der Waals surface area (Å²) in [7, 11) is 0. The molecule has 0 aromatic heterocycles. The van der Waals surface area contributed by atoms with E-state index in [1.807, 2.05) is 0 Å².